The monoisotopic (exact) mass is 550 g/mol. The lowest BCUT2D eigenvalue weighted by atomic mass is 10.1. The van der Waals surface area contributed by atoms with Crippen LogP contribution in [0.3, 0.4) is 0 Å². The minimum atomic E-state index is 0.932. The Bertz CT molecular complexity index is 2430. The molecule has 0 atom stereocenters. The molecule has 0 saturated heterocycles. The van der Waals surface area contributed by atoms with Crippen molar-refractivity contribution in [2.45, 2.75) is 0 Å². The van der Waals surface area contributed by atoms with Crippen molar-refractivity contribution in [3.8, 4) is 34.0 Å². The van der Waals surface area contributed by atoms with E-state index >= 15 is 0 Å². The Morgan fingerprint density at radius 3 is 1.88 bits per heavy atom. The fourth-order valence-corrected chi connectivity index (χ4v) is 6.64. The lowest BCUT2D eigenvalue weighted by molar-refractivity contribution is 1.10. The number of para-hydroxylation sites is 4. The minimum absolute atomic E-state index is 0.932. The minimum Gasteiger partial charge on any atom is -0.314 e. The van der Waals surface area contributed by atoms with Gasteiger partial charge >= 0.3 is 0 Å². The Labute approximate surface area is 248 Å². The van der Waals surface area contributed by atoms with Crippen LogP contribution in [0, 0.1) is 0 Å². The van der Waals surface area contributed by atoms with Crippen molar-refractivity contribution in [2.24, 2.45) is 0 Å². The van der Waals surface area contributed by atoms with E-state index in [-0.39, 0.29) is 0 Å². The van der Waals surface area contributed by atoms with Crippen LogP contribution < -0.4 is 0 Å². The molecular formula is C39H26N4. The summed E-state index contributed by atoms with van der Waals surface area (Å²) in [5, 5.41) is 2.52. The van der Waals surface area contributed by atoms with Crippen molar-refractivity contribution in [3.63, 3.8) is 0 Å². The highest BCUT2D eigenvalue weighted by atomic mass is 15.1. The third kappa shape index (κ3) is 3.53. The van der Waals surface area contributed by atoms with Gasteiger partial charge in [0.25, 0.3) is 0 Å². The molecule has 5 aromatic carbocycles. The topological polar surface area (TPSA) is 27.2 Å². The summed E-state index contributed by atoms with van der Waals surface area (Å²) in [4.78, 5) is 5.09. The van der Waals surface area contributed by atoms with E-state index in [4.69, 9.17) is 4.98 Å². The second-order valence-corrected chi connectivity index (χ2v) is 10.9. The van der Waals surface area contributed by atoms with Crippen LogP contribution in [0.4, 0.5) is 0 Å². The molecule has 4 aromatic heterocycles. The Morgan fingerprint density at radius 1 is 0.442 bits per heavy atom. The average molecular weight is 551 g/mol. The second kappa shape index (κ2) is 9.33. The van der Waals surface area contributed by atoms with Crippen LogP contribution in [0.25, 0.3) is 72.4 Å². The Morgan fingerprint density at radius 2 is 1.07 bits per heavy atom. The Balaban J connectivity index is 1.30. The maximum Gasteiger partial charge on any atom is 0.145 e. The van der Waals surface area contributed by atoms with E-state index in [0.29, 0.717) is 0 Å². The summed E-state index contributed by atoms with van der Waals surface area (Å²) in [5.74, 6) is 0.932. The number of aromatic nitrogens is 4. The molecule has 0 aliphatic heterocycles. The summed E-state index contributed by atoms with van der Waals surface area (Å²) in [5.41, 5.74) is 11.4. The van der Waals surface area contributed by atoms with E-state index in [1.165, 1.54) is 38.6 Å². The maximum atomic E-state index is 5.09. The third-order valence-corrected chi connectivity index (χ3v) is 8.46. The highest BCUT2D eigenvalue weighted by Gasteiger charge is 2.22. The van der Waals surface area contributed by atoms with Crippen LogP contribution in [0.1, 0.15) is 0 Å². The van der Waals surface area contributed by atoms with Crippen molar-refractivity contribution in [1.29, 1.82) is 0 Å². The molecule has 4 heterocycles. The first-order valence-electron chi connectivity index (χ1n) is 14.6. The van der Waals surface area contributed by atoms with Crippen molar-refractivity contribution in [3.05, 3.63) is 158 Å². The van der Waals surface area contributed by atoms with Gasteiger partial charge in [-0.3, -0.25) is 4.57 Å². The van der Waals surface area contributed by atoms with Crippen molar-refractivity contribution in [1.82, 2.24) is 18.5 Å². The lowest BCUT2D eigenvalue weighted by Gasteiger charge is -2.13. The van der Waals surface area contributed by atoms with Gasteiger partial charge in [0.15, 0.2) is 0 Å². The van der Waals surface area contributed by atoms with E-state index in [0.717, 1.165) is 33.8 Å². The number of hydrogen-bond donors (Lipinski definition) is 0. The van der Waals surface area contributed by atoms with E-state index in [1.807, 2.05) is 12.1 Å². The number of pyridine rings is 1. The zero-order valence-electron chi connectivity index (χ0n) is 23.3. The molecular weight excluding hydrogens is 524 g/mol. The number of nitrogens with zero attached hydrogens (tertiary/aromatic N) is 4. The van der Waals surface area contributed by atoms with E-state index in [9.17, 15) is 0 Å². The van der Waals surface area contributed by atoms with Crippen molar-refractivity contribution in [2.75, 3.05) is 0 Å². The SMILES string of the molecule is c1ccc(-c2c3c(c4ccccc4n3-c3ccc(-c4nc5ccccc5n4-c4ccccc4)cc3)c3ccccn23)cc1. The standard InChI is InChI=1S/C39H26N4/c1-3-13-27(14-4-1)37-38-36(35-21-11-12-26-41(35)37)31-17-7-9-19-33(31)42(38)30-24-22-28(23-25-30)39-40-32-18-8-10-20-34(32)43(39)29-15-5-2-6-16-29/h1-26H. The predicted octanol–water partition coefficient (Wildman–Crippen LogP) is 9.71. The van der Waals surface area contributed by atoms with Crippen molar-refractivity contribution >= 4 is 38.4 Å². The fraction of sp³-hybridized carbons (Fsp3) is 0. The number of imidazole rings is 1. The fourth-order valence-electron chi connectivity index (χ4n) is 6.64. The highest BCUT2D eigenvalue weighted by molar-refractivity contribution is 6.21. The average Bonchev–Trinajstić information content (AvgIpc) is 3.73. The molecule has 0 bridgehead atoms. The molecule has 0 amide bonds. The molecule has 0 aliphatic rings. The maximum absolute atomic E-state index is 5.09. The summed E-state index contributed by atoms with van der Waals surface area (Å²) in [6.45, 7) is 0. The second-order valence-electron chi connectivity index (χ2n) is 10.9. The van der Waals surface area contributed by atoms with Gasteiger partial charge in [0, 0.05) is 39.5 Å². The summed E-state index contributed by atoms with van der Waals surface area (Å²) in [6.07, 6.45) is 2.17. The van der Waals surface area contributed by atoms with Gasteiger partial charge in [-0.05, 0) is 66.7 Å². The normalized spacial score (nSPS) is 11.7. The molecule has 0 fully saturated rings. The Hall–Kier alpha value is -5.87. The molecule has 0 radical (unpaired) electrons. The molecule has 0 unspecified atom stereocenters. The summed E-state index contributed by atoms with van der Waals surface area (Å²) < 4.78 is 7.01. The summed E-state index contributed by atoms with van der Waals surface area (Å²) >= 11 is 0. The smallest absolute Gasteiger partial charge is 0.145 e. The lowest BCUT2D eigenvalue weighted by Crippen LogP contribution is -1.99. The van der Waals surface area contributed by atoms with Gasteiger partial charge in [-0.2, -0.15) is 0 Å². The quantitative estimate of drug-likeness (QED) is 0.214. The largest absolute Gasteiger partial charge is 0.314 e. The Kier molecular flexibility index (Phi) is 5.16. The van der Waals surface area contributed by atoms with E-state index in [2.05, 4.69) is 159 Å². The molecule has 43 heavy (non-hydrogen) atoms. The number of hydrogen-bond acceptors (Lipinski definition) is 1. The van der Waals surface area contributed by atoms with Gasteiger partial charge < -0.3 is 8.97 Å². The van der Waals surface area contributed by atoms with Gasteiger partial charge in [0.1, 0.15) is 5.82 Å². The van der Waals surface area contributed by atoms with Gasteiger partial charge in [-0.25, -0.2) is 4.98 Å². The molecule has 0 spiro atoms. The van der Waals surface area contributed by atoms with Gasteiger partial charge in [0.2, 0.25) is 0 Å². The van der Waals surface area contributed by atoms with E-state index in [1.54, 1.807) is 0 Å². The molecule has 4 heteroatoms. The highest BCUT2D eigenvalue weighted by Crippen LogP contribution is 2.42. The van der Waals surface area contributed by atoms with Crippen molar-refractivity contribution < 1.29 is 0 Å². The molecule has 4 nitrogen and oxygen atoms in total. The summed E-state index contributed by atoms with van der Waals surface area (Å²) in [7, 11) is 0. The molecule has 202 valence electrons. The van der Waals surface area contributed by atoms with Gasteiger partial charge in [-0.15, -0.1) is 0 Å². The molecule has 9 aromatic rings. The predicted molar refractivity (Wildman–Crippen MR) is 177 cm³/mol. The van der Waals surface area contributed by atoms with Crippen LogP contribution in [0.5, 0.6) is 0 Å². The van der Waals surface area contributed by atoms with Crippen LogP contribution in [0.15, 0.2) is 158 Å². The van der Waals surface area contributed by atoms with E-state index < -0.39 is 0 Å². The van der Waals surface area contributed by atoms with Gasteiger partial charge in [0.05, 0.1) is 33.3 Å². The molecule has 0 saturated carbocycles. The zero-order valence-corrected chi connectivity index (χ0v) is 23.3. The first-order chi connectivity index (χ1) is 21.4. The number of benzene rings is 5. The van der Waals surface area contributed by atoms with Gasteiger partial charge in [-0.1, -0.05) is 84.9 Å². The summed E-state index contributed by atoms with van der Waals surface area (Å²) in [6, 6.07) is 53.6. The van der Waals surface area contributed by atoms with Crippen LogP contribution in [0.2, 0.25) is 0 Å². The number of rotatable bonds is 4. The zero-order chi connectivity index (χ0) is 28.3. The third-order valence-electron chi connectivity index (χ3n) is 8.46. The first-order valence-corrected chi connectivity index (χ1v) is 14.6. The molecule has 0 aliphatic carbocycles. The molecule has 9 rings (SSSR count). The molecule has 0 N–H and O–H groups in total. The number of fused-ring (bicyclic) bond motifs is 6. The van der Waals surface area contributed by atoms with Crippen LogP contribution in [-0.4, -0.2) is 18.5 Å². The first kappa shape index (κ1) is 23.8. The van der Waals surface area contributed by atoms with Crippen LogP contribution in [-0.2, 0) is 0 Å². The van der Waals surface area contributed by atoms with Crippen LogP contribution >= 0.6 is 0 Å².